The van der Waals surface area contributed by atoms with Crippen LogP contribution in [0, 0.1) is 13.8 Å². The normalized spacial score (nSPS) is 12.4. The Morgan fingerprint density at radius 2 is 1.79 bits per heavy atom. The second-order valence-corrected chi connectivity index (χ2v) is 5.30. The molecular weight excluding hydrogens is 258 g/mol. The van der Waals surface area contributed by atoms with E-state index >= 15 is 0 Å². The van der Waals surface area contributed by atoms with Gasteiger partial charge in [0.2, 0.25) is 0 Å². The number of benzene rings is 2. The third-order valence-corrected chi connectivity index (χ3v) is 3.68. The zero-order chi connectivity index (χ0) is 14.0. The van der Waals surface area contributed by atoms with Crippen LogP contribution in [0.3, 0.4) is 0 Å². The maximum Gasteiger partial charge on any atom is 0.0850 e. The van der Waals surface area contributed by atoms with Gasteiger partial charge in [0.1, 0.15) is 0 Å². The molecule has 0 saturated carbocycles. The van der Waals surface area contributed by atoms with Crippen molar-refractivity contribution in [1.29, 1.82) is 0 Å². The molecule has 3 heteroatoms. The first kappa shape index (κ1) is 13.9. The number of anilines is 1. The Balaban J connectivity index is 2.28. The second kappa shape index (κ2) is 5.64. The summed E-state index contributed by atoms with van der Waals surface area (Å²) >= 11 is 5.87. The van der Waals surface area contributed by atoms with Gasteiger partial charge in [0.25, 0.3) is 0 Å². The van der Waals surface area contributed by atoms with E-state index in [0.29, 0.717) is 17.1 Å². The lowest BCUT2D eigenvalue weighted by Crippen LogP contribution is -2.07. The molecule has 0 aliphatic rings. The van der Waals surface area contributed by atoms with E-state index in [4.69, 9.17) is 17.3 Å². The molecule has 0 radical (unpaired) electrons. The molecule has 2 aromatic rings. The average molecular weight is 276 g/mol. The molecule has 2 nitrogen and oxygen atoms in total. The minimum atomic E-state index is -0.614. The van der Waals surface area contributed by atoms with Crippen molar-refractivity contribution in [3.05, 3.63) is 63.7 Å². The molecule has 0 saturated heterocycles. The fourth-order valence-corrected chi connectivity index (χ4v) is 2.50. The van der Waals surface area contributed by atoms with Gasteiger partial charge in [-0.25, -0.2) is 0 Å². The van der Waals surface area contributed by atoms with E-state index in [0.717, 1.165) is 5.56 Å². The lowest BCUT2D eigenvalue weighted by atomic mass is 9.94. The van der Waals surface area contributed by atoms with Gasteiger partial charge in [-0.2, -0.15) is 0 Å². The number of aryl methyl sites for hydroxylation is 2. The van der Waals surface area contributed by atoms with E-state index in [1.165, 1.54) is 16.7 Å². The van der Waals surface area contributed by atoms with E-state index in [1.807, 2.05) is 6.07 Å². The number of nitrogen functional groups attached to an aromatic ring is 1. The van der Waals surface area contributed by atoms with Crippen molar-refractivity contribution in [3.63, 3.8) is 0 Å². The molecule has 0 spiro atoms. The van der Waals surface area contributed by atoms with E-state index in [2.05, 4.69) is 26.0 Å². The standard InChI is InChI=1S/C16H18ClNO/c1-10-4-3-5-11(2)14(10)9-16(19)13-7-6-12(17)8-15(13)18/h3-8,16,19H,9,18H2,1-2H3. The highest BCUT2D eigenvalue weighted by molar-refractivity contribution is 6.30. The van der Waals surface area contributed by atoms with Gasteiger partial charge in [0.15, 0.2) is 0 Å². The van der Waals surface area contributed by atoms with Crippen LogP contribution in [0.4, 0.5) is 5.69 Å². The van der Waals surface area contributed by atoms with Gasteiger partial charge in [-0.15, -0.1) is 0 Å². The second-order valence-electron chi connectivity index (χ2n) is 4.86. The summed E-state index contributed by atoms with van der Waals surface area (Å²) in [5.41, 5.74) is 10.7. The van der Waals surface area contributed by atoms with Crippen LogP contribution in [-0.2, 0) is 6.42 Å². The minimum absolute atomic E-state index is 0.534. The number of nitrogens with two attached hydrogens (primary N) is 1. The van der Waals surface area contributed by atoms with E-state index < -0.39 is 6.10 Å². The molecular formula is C16H18ClNO. The van der Waals surface area contributed by atoms with Crippen LogP contribution < -0.4 is 5.73 Å². The SMILES string of the molecule is Cc1cccc(C)c1CC(O)c1ccc(Cl)cc1N. The lowest BCUT2D eigenvalue weighted by molar-refractivity contribution is 0.179. The molecule has 1 unspecified atom stereocenters. The Labute approximate surface area is 118 Å². The summed E-state index contributed by atoms with van der Waals surface area (Å²) in [5, 5.41) is 11.0. The van der Waals surface area contributed by atoms with Crippen LogP contribution in [-0.4, -0.2) is 5.11 Å². The van der Waals surface area contributed by atoms with Crippen LogP contribution in [0.25, 0.3) is 0 Å². The molecule has 1 atom stereocenters. The van der Waals surface area contributed by atoms with Crippen molar-refractivity contribution in [2.24, 2.45) is 0 Å². The Bertz CT molecular complexity index is 575. The quantitative estimate of drug-likeness (QED) is 0.837. The predicted octanol–water partition coefficient (Wildman–Crippen LogP) is 3.82. The zero-order valence-electron chi connectivity index (χ0n) is 11.2. The van der Waals surface area contributed by atoms with Gasteiger partial charge in [-0.1, -0.05) is 35.9 Å². The fourth-order valence-electron chi connectivity index (χ4n) is 2.32. The Morgan fingerprint density at radius 1 is 1.16 bits per heavy atom. The van der Waals surface area contributed by atoms with Gasteiger partial charge < -0.3 is 10.8 Å². The molecule has 0 heterocycles. The maximum absolute atomic E-state index is 10.4. The predicted molar refractivity (Wildman–Crippen MR) is 80.4 cm³/mol. The van der Waals surface area contributed by atoms with Crippen LogP contribution in [0.15, 0.2) is 36.4 Å². The molecule has 0 aliphatic heterocycles. The summed E-state index contributed by atoms with van der Waals surface area (Å²) < 4.78 is 0. The topological polar surface area (TPSA) is 46.2 Å². The number of aliphatic hydroxyl groups excluding tert-OH is 1. The molecule has 2 rings (SSSR count). The minimum Gasteiger partial charge on any atom is -0.398 e. The first-order chi connectivity index (χ1) is 8.99. The van der Waals surface area contributed by atoms with Gasteiger partial charge in [-0.3, -0.25) is 0 Å². The molecule has 3 N–H and O–H groups in total. The van der Waals surface area contributed by atoms with Crippen molar-refractivity contribution >= 4 is 17.3 Å². The van der Waals surface area contributed by atoms with Crippen LogP contribution >= 0.6 is 11.6 Å². The van der Waals surface area contributed by atoms with Crippen molar-refractivity contribution in [2.75, 3.05) is 5.73 Å². The molecule has 0 bridgehead atoms. The monoisotopic (exact) mass is 275 g/mol. The molecule has 19 heavy (non-hydrogen) atoms. The fraction of sp³-hybridized carbons (Fsp3) is 0.250. The highest BCUT2D eigenvalue weighted by Gasteiger charge is 2.14. The Morgan fingerprint density at radius 3 is 2.37 bits per heavy atom. The van der Waals surface area contributed by atoms with Crippen LogP contribution in [0.2, 0.25) is 5.02 Å². The molecule has 0 amide bonds. The molecule has 2 aromatic carbocycles. The summed E-state index contributed by atoms with van der Waals surface area (Å²) in [6.07, 6.45) is -0.0540. The number of hydrogen-bond donors (Lipinski definition) is 2. The smallest absolute Gasteiger partial charge is 0.0850 e. The zero-order valence-corrected chi connectivity index (χ0v) is 11.9. The summed E-state index contributed by atoms with van der Waals surface area (Å²) in [6.45, 7) is 4.11. The number of aliphatic hydroxyl groups is 1. The van der Waals surface area contributed by atoms with Crippen molar-refractivity contribution < 1.29 is 5.11 Å². The Hall–Kier alpha value is -1.51. The van der Waals surface area contributed by atoms with E-state index in [-0.39, 0.29) is 0 Å². The number of rotatable bonds is 3. The summed E-state index contributed by atoms with van der Waals surface area (Å²) in [4.78, 5) is 0. The third kappa shape index (κ3) is 3.09. The Kier molecular flexibility index (Phi) is 4.13. The highest BCUT2D eigenvalue weighted by atomic mass is 35.5. The molecule has 0 fully saturated rings. The number of hydrogen-bond acceptors (Lipinski definition) is 2. The summed E-state index contributed by atoms with van der Waals surface area (Å²) in [5.74, 6) is 0. The van der Waals surface area contributed by atoms with E-state index in [1.54, 1.807) is 18.2 Å². The van der Waals surface area contributed by atoms with Crippen molar-refractivity contribution in [1.82, 2.24) is 0 Å². The van der Waals surface area contributed by atoms with Gasteiger partial charge in [-0.05, 0) is 42.7 Å². The van der Waals surface area contributed by atoms with Crippen molar-refractivity contribution in [2.45, 2.75) is 26.4 Å². The maximum atomic E-state index is 10.4. The van der Waals surface area contributed by atoms with Crippen molar-refractivity contribution in [3.8, 4) is 0 Å². The molecule has 0 aromatic heterocycles. The van der Waals surface area contributed by atoms with Gasteiger partial charge in [0.05, 0.1) is 6.10 Å². The lowest BCUT2D eigenvalue weighted by Gasteiger charge is -2.17. The van der Waals surface area contributed by atoms with Crippen LogP contribution in [0.5, 0.6) is 0 Å². The van der Waals surface area contributed by atoms with Gasteiger partial charge in [0, 0.05) is 22.7 Å². The molecule has 0 aliphatic carbocycles. The number of halogens is 1. The van der Waals surface area contributed by atoms with Crippen LogP contribution in [0.1, 0.15) is 28.4 Å². The first-order valence-electron chi connectivity index (χ1n) is 6.27. The third-order valence-electron chi connectivity index (χ3n) is 3.45. The first-order valence-corrected chi connectivity index (χ1v) is 6.65. The largest absolute Gasteiger partial charge is 0.398 e. The summed E-state index contributed by atoms with van der Waals surface area (Å²) in [6, 6.07) is 11.3. The van der Waals surface area contributed by atoms with Gasteiger partial charge >= 0.3 is 0 Å². The highest BCUT2D eigenvalue weighted by Crippen LogP contribution is 2.28. The van der Waals surface area contributed by atoms with E-state index in [9.17, 15) is 5.11 Å². The summed E-state index contributed by atoms with van der Waals surface area (Å²) in [7, 11) is 0. The average Bonchev–Trinajstić information content (AvgIpc) is 2.33. The molecule has 100 valence electrons.